The van der Waals surface area contributed by atoms with Crippen LogP contribution in [0.2, 0.25) is 0 Å². The van der Waals surface area contributed by atoms with Crippen molar-refractivity contribution in [2.45, 2.75) is 6.04 Å². The summed E-state index contributed by atoms with van der Waals surface area (Å²) >= 11 is 0. The number of hydrogen-bond donors (Lipinski definition) is 1. The molecular weight excluding hydrogens is 448 g/mol. The van der Waals surface area contributed by atoms with Crippen LogP contribution >= 0.6 is 0 Å². The van der Waals surface area contributed by atoms with Gasteiger partial charge in [-0.05, 0) is 29.3 Å². The number of hydrogen-bond acceptors (Lipinski definition) is 7. The van der Waals surface area contributed by atoms with Crippen LogP contribution in [0.15, 0.2) is 65.9 Å². The van der Waals surface area contributed by atoms with Crippen LogP contribution in [0, 0.1) is 0 Å². The number of nitrogens with zero attached hydrogens (tertiary/aromatic N) is 2. The molecule has 0 bridgehead atoms. The number of morpholine rings is 1. The first-order valence-corrected chi connectivity index (χ1v) is 11.6. The fourth-order valence-electron chi connectivity index (χ4n) is 4.41. The zero-order valence-electron chi connectivity index (χ0n) is 20.0. The van der Waals surface area contributed by atoms with Gasteiger partial charge in [0, 0.05) is 26.2 Å². The first-order valence-electron chi connectivity index (χ1n) is 11.6. The molecule has 1 saturated heterocycles. The molecule has 184 valence electrons. The minimum Gasteiger partial charge on any atom is -0.503 e. The molecule has 1 amide bonds. The van der Waals surface area contributed by atoms with E-state index < -0.39 is 23.5 Å². The van der Waals surface area contributed by atoms with Crippen molar-refractivity contribution in [2.24, 2.45) is 0 Å². The number of benzene rings is 2. The van der Waals surface area contributed by atoms with E-state index in [0.717, 1.165) is 18.7 Å². The van der Waals surface area contributed by atoms with Gasteiger partial charge in [0.1, 0.15) is 0 Å². The average molecular weight is 479 g/mol. The highest BCUT2D eigenvalue weighted by Gasteiger charge is 2.43. The van der Waals surface area contributed by atoms with Crippen LogP contribution < -0.4 is 9.47 Å². The van der Waals surface area contributed by atoms with Gasteiger partial charge in [0.05, 0.1) is 39.0 Å². The van der Waals surface area contributed by atoms with Crippen molar-refractivity contribution < 1.29 is 28.9 Å². The number of carbonyl (C=O) groups excluding carboxylic acids is 2. The molecule has 4 rings (SSSR count). The topological polar surface area (TPSA) is 88.5 Å². The second kappa shape index (κ2) is 11.2. The molecule has 8 nitrogen and oxygen atoms in total. The highest BCUT2D eigenvalue weighted by Crippen LogP contribution is 2.40. The number of rotatable bonds is 9. The third-order valence-electron chi connectivity index (χ3n) is 6.28. The summed E-state index contributed by atoms with van der Waals surface area (Å²) in [5, 5.41) is 10.8. The second-order valence-corrected chi connectivity index (χ2v) is 8.34. The zero-order chi connectivity index (χ0) is 24.8. The second-order valence-electron chi connectivity index (χ2n) is 8.34. The standard InChI is InChI=1S/C27H30N2O6/c1-33-22-11-9-20(18-23(22)34-2)25-24(21(30)10-8-19-6-4-3-5-7-19)26(31)27(32)29(25)13-12-28-14-16-35-17-15-28/h3-11,18,25,31H,12-17H2,1-2H3/b10-8+. The molecule has 2 aromatic rings. The largest absolute Gasteiger partial charge is 0.503 e. The molecule has 0 spiro atoms. The highest BCUT2D eigenvalue weighted by atomic mass is 16.5. The molecule has 35 heavy (non-hydrogen) atoms. The van der Waals surface area contributed by atoms with Gasteiger partial charge < -0.3 is 24.2 Å². The van der Waals surface area contributed by atoms with E-state index in [9.17, 15) is 14.7 Å². The predicted molar refractivity (Wildman–Crippen MR) is 131 cm³/mol. The molecule has 2 heterocycles. The molecule has 8 heteroatoms. The number of methoxy groups -OCH3 is 2. The van der Waals surface area contributed by atoms with Gasteiger partial charge in [-0.2, -0.15) is 0 Å². The van der Waals surface area contributed by atoms with E-state index >= 15 is 0 Å². The highest BCUT2D eigenvalue weighted by molar-refractivity contribution is 6.14. The number of carbonyl (C=O) groups is 2. The Balaban J connectivity index is 1.67. The monoisotopic (exact) mass is 478 g/mol. The maximum atomic E-state index is 13.3. The molecule has 2 aliphatic heterocycles. The fraction of sp³-hybridized carbons (Fsp3) is 0.333. The minimum absolute atomic E-state index is 0.0522. The fourth-order valence-corrected chi connectivity index (χ4v) is 4.41. The Hall–Kier alpha value is -3.62. The van der Waals surface area contributed by atoms with Crippen molar-refractivity contribution in [2.75, 3.05) is 53.6 Å². The van der Waals surface area contributed by atoms with Gasteiger partial charge in [-0.25, -0.2) is 0 Å². The number of amides is 1. The normalized spacial score (nSPS) is 19.0. The first-order chi connectivity index (χ1) is 17.0. The lowest BCUT2D eigenvalue weighted by Crippen LogP contribution is -2.43. The molecule has 1 atom stereocenters. The lowest BCUT2D eigenvalue weighted by Gasteiger charge is -2.31. The van der Waals surface area contributed by atoms with Gasteiger partial charge in [0.2, 0.25) is 0 Å². The van der Waals surface area contributed by atoms with Crippen LogP contribution in [-0.4, -0.2) is 80.2 Å². The first kappa shape index (κ1) is 24.5. The van der Waals surface area contributed by atoms with Crippen LogP contribution in [0.5, 0.6) is 11.5 Å². The molecule has 1 fully saturated rings. The molecule has 2 aliphatic rings. The molecule has 0 aliphatic carbocycles. The lowest BCUT2D eigenvalue weighted by molar-refractivity contribution is -0.129. The summed E-state index contributed by atoms with van der Waals surface area (Å²) in [6, 6.07) is 13.9. The molecular formula is C27H30N2O6. The van der Waals surface area contributed by atoms with Gasteiger partial charge >= 0.3 is 0 Å². The van der Waals surface area contributed by atoms with E-state index in [1.165, 1.54) is 13.2 Å². The summed E-state index contributed by atoms with van der Waals surface area (Å²) in [5.74, 6) is -0.494. The van der Waals surface area contributed by atoms with E-state index in [-0.39, 0.29) is 5.57 Å². The van der Waals surface area contributed by atoms with Crippen molar-refractivity contribution in [1.82, 2.24) is 9.80 Å². The van der Waals surface area contributed by atoms with Gasteiger partial charge in [-0.15, -0.1) is 0 Å². The maximum absolute atomic E-state index is 13.3. The van der Waals surface area contributed by atoms with E-state index in [4.69, 9.17) is 14.2 Å². The van der Waals surface area contributed by atoms with Crippen molar-refractivity contribution in [3.8, 4) is 11.5 Å². The van der Waals surface area contributed by atoms with E-state index in [2.05, 4.69) is 4.90 Å². The predicted octanol–water partition coefficient (Wildman–Crippen LogP) is 3.01. The van der Waals surface area contributed by atoms with Crippen LogP contribution in [-0.2, 0) is 14.3 Å². The van der Waals surface area contributed by atoms with Gasteiger partial charge in [0.25, 0.3) is 5.91 Å². The zero-order valence-corrected chi connectivity index (χ0v) is 20.0. The van der Waals surface area contributed by atoms with Crippen molar-refractivity contribution >= 4 is 17.8 Å². The number of allylic oxidation sites excluding steroid dienone is 1. The number of aliphatic hydroxyl groups excluding tert-OH is 1. The van der Waals surface area contributed by atoms with Crippen molar-refractivity contribution in [3.05, 3.63) is 77.1 Å². The third kappa shape index (κ3) is 5.39. The molecule has 1 N–H and O–H groups in total. The summed E-state index contributed by atoms with van der Waals surface area (Å²) in [5.41, 5.74) is 1.55. The Labute approximate surface area is 205 Å². The molecule has 0 radical (unpaired) electrons. The molecule has 0 aromatic heterocycles. The van der Waals surface area contributed by atoms with Gasteiger partial charge in [0.15, 0.2) is 23.0 Å². The summed E-state index contributed by atoms with van der Waals surface area (Å²) in [4.78, 5) is 30.2. The van der Waals surface area contributed by atoms with E-state index in [0.29, 0.717) is 43.4 Å². The Morgan fingerprint density at radius 1 is 1.06 bits per heavy atom. The summed E-state index contributed by atoms with van der Waals surface area (Å²) in [7, 11) is 3.07. The van der Waals surface area contributed by atoms with Crippen LogP contribution in [0.3, 0.4) is 0 Å². The third-order valence-corrected chi connectivity index (χ3v) is 6.28. The number of aliphatic hydroxyl groups is 1. The summed E-state index contributed by atoms with van der Waals surface area (Å²) < 4.78 is 16.2. The Bertz CT molecular complexity index is 1120. The lowest BCUT2D eigenvalue weighted by atomic mass is 9.95. The Morgan fingerprint density at radius 3 is 2.46 bits per heavy atom. The quantitative estimate of drug-likeness (QED) is 0.555. The van der Waals surface area contributed by atoms with Crippen molar-refractivity contribution in [3.63, 3.8) is 0 Å². The van der Waals surface area contributed by atoms with Crippen molar-refractivity contribution in [1.29, 1.82) is 0 Å². The SMILES string of the molecule is COc1ccc(C2C(C(=O)/C=C/c3ccccc3)=C(O)C(=O)N2CCN2CCOCC2)cc1OC. The van der Waals surface area contributed by atoms with Crippen LogP contribution in [0.4, 0.5) is 0 Å². The van der Waals surface area contributed by atoms with Gasteiger partial charge in [-0.1, -0.05) is 42.5 Å². The van der Waals surface area contributed by atoms with E-state index in [1.54, 1.807) is 36.3 Å². The van der Waals surface area contributed by atoms with E-state index in [1.807, 2.05) is 30.3 Å². The Kier molecular flexibility index (Phi) is 7.84. The number of ether oxygens (including phenoxy) is 3. The molecule has 1 unspecified atom stereocenters. The Morgan fingerprint density at radius 2 is 1.77 bits per heavy atom. The van der Waals surface area contributed by atoms with Crippen LogP contribution in [0.25, 0.3) is 6.08 Å². The number of ketones is 1. The summed E-state index contributed by atoms with van der Waals surface area (Å²) in [6.45, 7) is 3.78. The summed E-state index contributed by atoms with van der Waals surface area (Å²) in [6.07, 6.45) is 3.07. The molecule has 0 saturated carbocycles. The average Bonchev–Trinajstić information content (AvgIpc) is 3.16. The smallest absolute Gasteiger partial charge is 0.290 e. The van der Waals surface area contributed by atoms with Crippen LogP contribution in [0.1, 0.15) is 17.2 Å². The molecule has 2 aromatic carbocycles. The maximum Gasteiger partial charge on any atom is 0.290 e. The van der Waals surface area contributed by atoms with Gasteiger partial charge in [-0.3, -0.25) is 14.5 Å². The minimum atomic E-state index is -0.753.